The Hall–Kier alpha value is -2.61. The van der Waals surface area contributed by atoms with Gasteiger partial charge < -0.3 is 4.52 Å². The van der Waals surface area contributed by atoms with Crippen molar-refractivity contribution in [2.45, 2.75) is 38.9 Å². The molecule has 3 aromatic rings. The third-order valence-corrected chi connectivity index (χ3v) is 4.60. The van der Waals surface area contributed by atoms with Gasteiger partial charge in [-0.1, -0.05) is 17.3 Å². The molecule has 0 bridgehead atoms. The highest BCUT2D eigenvalue weighted by molar-refractivity contribution is 5.54. The minimum atomic E-state index is -0.267. The Morgan fingerprint density at radius 2 is 2.28 bits per heavy atom. The zero-order valence-corrected chi connectivity index (χ0v) is 14.0. The van der Waals surface area contributed by atoms with E-state index in [-0.39, 0.29) is 5.82 Å². The fourth-order valence-corrected chi connectivity index (χ4v) is 3.20. The average molecular weight is 342 g/mol. The lowest BCUT2D eigenvalue weighted by molar-refractivity contribution is 0.192. The summed E-state index contributed by atoms with van der Waals surface area (Å²) in [4.78, 5) is 10.7. The van der Waals surface area contributed by atoms with Gasteiger partial charge in [0.05, 0.1) is 13.1 Å². The molecule has 130 valence electrons. The largest absolute Gasteiger partial charge is 0.338 e. The standard InChI is InChI=1S/C17H19FN6O/c1-12-4-5-13(7-15(12)18)17-21-16(25-22-17)9-23-6-2-3-14(23)8-24-11-19-10-20-24/h4-5,7,10-11,14H,2-3,6,8-9H2,1H3. The highest BCUT2D eigenvalue weighted by Crippen LogP contribution is 2.23. The van der Waals surface area contributed by atoms with Crippen LogP contribution in [0.5, 0.6) is 0 Å². The molecule has 0 saturated carbocycles. The van der Waals surface area contributed by atoms with Crippen LogP contribution >= 0.6 is 0 Å². The van der Waals surface area contributed by atoms with Gasteiger partial charge in [-0.25, -0.2) is 9.37 Å². The van der Waals surface area contributed by atoms with Gasteiger partial charge in [0.15, 0.2) is 0 Å². The van der Waals surface area contributed by atoms with E-state index < -0.39 is 0 Å². The molecule has 1 saturated heterocycles. The number of nitrogens with zero attached hydrogens (tertiary/aromatic N) is 6. The number of likely N-dealkylation sites (tertiary alicyclic amines) is 1. The molecule has 25 heavy (non-hydrogen) atoms. The van der Waals surface area contributed by atoms with Gasteiger partial charge in [-0.15, -0.1) is 0 Å². The van der Waals surface area contributed by atoms with Crippen molar-refractivity contribution in [1.29, 1.82) is 0 Å². The van der Waals surface area contributed by atoms with Crippen LogP contribution in [-0.4, -0.2) is 42.4 Å². The first kappa shape index (κ1) is 15.9. The minimum absolute atomic E-state index is 0.267. The fourth-order valence-electron chi connectivity index (χ4n) is 3.20. The number of benzene rings is 1. The normalized spacial score (nSPS) is 18.1. The van der Waals surface area contributed by atoms with E-state index in [2.05, 4.69) is 25.1 Å². The van der Waals surface area contributed by atoms with E-state index in [0.29, 0.717) is 35.4 Å². The molecule has 1 atom stereocenters. The summed E-state index contributed by atoms with van der Waals surface area (Å²) in [7, 11) is 0. The molecule has 0 N–H and O–H groups in total. The third-order valence-electron chi connectivity index (χ3n) is 4.60. The van der Waals surface area contributed by atoms with Crippen molar-refractivity contribution in [1.82, 2.24) is 29.8 Å². The molecular formula is C17H19FN6O. The first-order chi connectivity index (χ1) is 12.2. The number of hydrogen-bond acceptors (Lipinski definition) is 6. The van der Waals surface area contributed by atoms with E-state index in [1.807, 2.05) is 4.68 Å². The van der Waals surface area contributed by atoms with Crippen molar-refractivity contribution in [2.75, 3.05) is 6.54 Å². The number of hydrogen-bond donors (Lipinski definition) is 0. The van der Waals surface area contributed by atoms with Crippen LogP contribution < -0.4 is 0 Å². The Morgan fingerprint density at radius 3 is 3.08 bits per heavy atom. The monoisotopic (exact) mass is 342 g/mol. The maximum atomic E-state index is 13.7. The quantitative estimate of drug-likeness (QED) is 0.709. The molecule has 0 radical (unpaired) electrons. The highest BCUT2D eigenvalue weighted by Gasteiger charge is 2.27. The van der Waals surface area contributed by atoms with Crippen LogP contribution in [0, 0.1) is 12.7 Å². The molecule has 4 rings (SSSR count). The zero-order chi connectivity index (χ0) is 17.2. The Bertz CT molecular complexity index is 847. The van der Waals surface area contributed by atoms with Gasteiger partial charge in [-0.2, -0.15) is 10.1 Å². The first-order valence-corrected chi connectivity index (χ1v) is 8.34. The van der Waals surface area contributed by atoms with Crippen LogP contribution in [0.25, 0.3) is 11.4 Å². The molecule has 1 unspecified atom stereocenters. The van der Waals surface area contributed by atoms with Crippen molar-refractivity contribution in [2.24, 2.45) is 0 Å². The number of aryl methyl sites for hydroxylation is 1. The molecule has 1 fully saturated rings. The minimum Gasteiger partial charge on any atom is -0.338 e. The highest BCUT2D eigenvalue weighted by atomic mass is 19.1. The van der Waals surface area contributed by atoms with Crippen molar-refractivity contribution < 1.29 is 8.91 Å². The van der Waals surface area contributed by atoms with Gasteiger partial charge in [0.25, 0.3) is 0 Å². The van der Waals surface area contributed by atoms with Crippen molar-refractivity contribution in [3.8, 4) is 11.4 Å². The molecule has 1 aliphatic heterocycles. The molecule has 0 aliphatic carbocycles. The molecule has 2 aromatic heterocycles. The molecule has 1 aliphatic rings. The van der Waals surface area contributed by atoms with Gasteiger partial charge >= 0.3 is 0 Å². The predicted octanol–water partition coefficient (Wildman–Crippen LogP) is 2.44. The summed E-state index contributed by atoms with van der Waals surface area (Å²) in [6, 6.07) is 5.33. The van der Waals surface area contributed by atoms with Crippen LogP contribution in [-0.2, 0) is 13.1 Å². The van der Waals surface area contributed by atoms with Crippen LogP contribution in [0.1, 0.15) is 24.3 Å². The first-order valence-electron chi connectivity index (χ1n) is 8.34. The average Bonchev–Trinajstić information content (AvgIpc) is 3.34. The molecule has 1 aromatic carbocycles. The van der Waals surface area contributed by atoms with E-state index >= 15 is 0 Å². The molecule has 3 heterocycles. The predicted molar refractivity (Wildman–Crippen MR) is 87.9 cm³/mol. The number of halogens is 1. The molecule has 7 nitrogen and oxygen atoms in total. The summed E-state index contributed by atoms with van der Waals surface area (Å²) < 4.78 is 20.9. The van der Waals surface area contributed by atoms with Crippen LogP contribution in [0.3, 0.4) is 0 Å². The lowest BCUT2D eigenvalue weighted by Gasteiger charge is -2.22. The lowest BCUT2D eigenvalue weighted by atomic mass is 10.1. The van der Waals surface area contributed by atoms with Crippen molar-refractivity contribution in [3.63, 3.8) is 0 Å². The summed E-state index contributed by atoms with van der Waals surface area (Å²) >= 11 is 0. The summed E-state index contributed by atoms with van der Waals surface area (Å²) in [5.74, 6) is 0.693. The van der Waals surface area contributed by atoms with Gasteiger partial charge in [0, 0.05) is 11.6 Å². The van der Waals surface area contributed by atoms with Crippen LogP contribution in [0.15, 0.2) is 35.4 Å². The number of rotatable bonds is 5. The molecule has 0 spiro atoms. The van der Waals surface area contributed by atoms with E-state index in [0.717, 1.165) is 25.9 Å². The topological polar surface area (TPSA) is 72.9 Å². The summed E-state index contributed by atoms with van der Waals surface area (Å²) in [6.07, 6.45) is 5.51. The fraction of sp³-hybridized carbons (Fsp3) is 0.412. The maximum absolute atomic E-state index is 13.7. The van der Waals surface area contributed by atoms with Crippen molar-refractivity contribution in [3.05, 3.63) is 48.1 Å². The summed E-state index contributed by atoms with van der Waals surface area (Å²) in [5.41, 5.74) is 1.22. The Balaban J connectivity index is 1.46. The van der Waals surface area contributed by atoms with Gasteiger partial charge in [0.1, 0.15) is 18.5 Å². The van der Waals surface area contributed by atoms with Crippen molar-refractivity contribution >= 4 is 0 Å². The second kappa shape index (κ2) is 6.72. The molecule has 0 amide bonds. The van der Waals surface area contributed by atoms with E-state index in [4.69, 9.17) is 4.52 Å². The molecule has 8 heteroatoms. The van der Waals surface area contributed by atoms with E-state index in [1.54, 1.807) is 31.7 Å². The van der Waals surface area contributed by atoms with E-state index in [1.165, 1.54) is 6.07 Å². The summed E-state index contributed by atoms with van der Waals surface area (Å²) in [5, 5.41) is 8.17. The zero-order valence-electron chi connectivity index (χ0n) is 14.0. The number of aromatic nitrogens is 5. The Kier molecular flexibility index (Phi) is 4.27. The van der Waals surface area contributed by atoms with E-state index in [9.17, 15) is 4.39 Å². The smallest absolute Gasteiger partial charge is 0.241 e. The lowest BCUT2D eigenvalue weighted by Crippen LogP contribution is -2.32. The van der Waals surface area contributed by atoms with Crippen LogP contribution in [0.4, 0.5) is 4.39 Å². The Labute approximate surface area is 144 Å². The second-order valence-corrected chi connectivity index (χ2v) is 6.36. The van der Waals surface area contributed by atoms with Gasteiger partial charge in [0.2, 0.25) is 11.7 Å². The second-order valence-electron chi connectivity index (χ2n) is 6.36. The maximum Gasteiger partial charge on any atom is 0.241 e. The van der Waals surface area contributed by atoms with Gasteiger partial charge in [-0.05, 0) is 37.9 Å². The third kappa shape index (κ3) is 3.43. The van der Waals surface area contributed by atoms with Gasteiger partial charge in [-0.3, -0.25) is 9.58 Å². The SMILES string of the molecule is Cc1ccc(-c2noc(CN3CCCC3Cn3cncn3)n2)cc1F. The Morgan fingerprint density at radius 1 is 1.36 bits per heavy atom. The summed E-state index contributed by atoms with van der Waals surface area (Å²) in [6.45, 7) is 4.09. The molecular weight excluding hydrogens is 323 g/mol. The van der Waals surface area contributed by atoms with Crippen LogP contribution in [0.2, 0.25) is 0 Å².